The Morgan fingerprint density at radius 1 is 1.11 bits per heavy atom. The number of carbonyl (C=O) groups is 1. The number of carbonyl (C=O) groups excluding carboxylic acids is 1. The Kier molecular flexibility index (Phi) is 4.56. The first kappa shape index (κ1) is 17.5. The van der Waals surface area contributed by atoms with Crippen LogP contribution in [-0.4, -0.2) is 55.1 Å². The zero-order valence-corrected chi connectivity index (χ0v) is 15.2. The molecular formula is C17H18N4O5S. The molecule has 1 aromatic carbocycles. The summed E-state index contributed by atoms with van der Waals surface area (Å²) >= 11 is 0. The van der Waals surface area contributed by atoms with E-state index < -0.39 is 15.7 Å². The van der Waals surface area contributed by atoms with Crippen LogP contribution in [0.1, 0.15) is 16.9 Å². The molecule has 1 fully saturated rings. The van der Waals surface area contributed by atoms with Crippen LogP contribution < -0.4 is 20.1 Å². The van der Waals surface area contributed by atoms with E-state index in [0.29, 0.717) is 37.0 Å². The van der Waals surface area contributed by atoms with Crippen molar-refractivity contribution in [2.75, 3.05) is 30.0 Å². The highest BCUT2D eigenvalue weighted by molar-refractivity contribution is 7.91. The molecule has 1 amide bonds. The van der Waals surface area contributed by atoms with Crippen LogP contribution in [0.3, 0.4) is 0 Å². The molecule has 0 spiro atoms. The monoisotopic (exact) mass is 390 g/mol. The molecule has 1 aromatic heterocycles. The van der Waals surface area contributed by atoms with E-state index in [1.54, 1.807) is 12.1 Å². The number of aromatic nitrogens is 2. The van der Waals surface area contributed by atoms with Gasteiger partial charge in [-0.2, -0.15) is 0 Å². The predicted octanol–water partition coefficient (Wildman–Crippen LogP) is 0.908. The largest absolute Gasteiger partial charge is 0.486 e. The second-order valence-corrected chi connectivity index (χ2v) is 8.57. The van der Waals surface area contributed by atoms with Gasteiger partial charge in [-0.1, -0.05) is 0 Å². The van der Waals surface area contributed by atoms with Crippen LogP contribution in [0.15, 0.2) is 30.6 Å². The standard InChI is InChI=1S/C17H18N4O5S/c22-17(21-12-3-6-27(23,24)9-12)13-8-16(19-10-18-13)20-11-1-2-14-15(7-11)26-5-4-25-14/h1-2,7-8,10,12H,3-6,9H2,(H,21,22)(H,18,19,20). The van der Waals surface area contributed by atoms with Gasteiger partial charge in [0, 0.05) is 23.9 Å². The van der Waals surface area contributed by atoms with Gasteiger partial charge in [-0.25, -0.2) is 18.4 Å². The molecule has 4 rings (SSSR count). The lowest BCUT2D eigenvalue weighted by atomic mass is 10.2. The smallest absolute Gasteiger partial charge is 0.270 e. The van der Waals surface area contributed by atoms with Gasteiger partial charge in [-0.15, -0.1) is 0 Å². The van der Waals surface area contributed by atoms with E-state index in [1.807, 2.05) is 6.07 Å². The van der Waals surface area contributed by atoms with Crippen molar-refractivity contribution in [2.45, 2.75) is 12.5 Å². The summed E-state index contributed by atoms with van der Waals surface area (Å²) in [6, 6.07) is 6.53. The fourth-order valence-electron chi connectivity index (χ4n) is 2.99. The topological polar surface area (TPSA) is 120 Å². The van der Waals surface area contributed by atoms with Gasteiger partial charge in [0.15, 0.2) is 21.3 Å². The number of nitrogens with one attached hydrogen (secondary N) is 2. The summed E-state index contributed by atoms with van der Waals surface area (Å²) < 4.78 is 34.1. The van der Waals surface area contributed by atoms with Gasteiger partial charge in [0.1, 0.15) is 31.1 Å². The highest BCUT2D eigenvalue weighted by Gasteiger charge is 2.29. The first-order valence-electron chi connectivity index (χ1n) is 8.48. The van der Waals surface area contributed by atoms with Gasteiger partial charge in [-0.05, 0) is 18.6 Å². The van der Waals surface area contributed by atoms with Gasteiger partial charge in [-0.3, -0.25) is 4.79 Å². The summed E-state index contributed by atoms with van der Waals surface area (Å²) in [6.07, 6.45) is 1.70. The van der Waals surface area contributed by atoms with E-state index >= 15 is 0 Å². The van der Waals surface area contributed by atoms with Gasteiger partial charge in [0.25, 0.3) is 5.91 Å². The van der Waals surface area contributed by atoms with Crippen LogP contribution in [0.4, 0.5) is 11.5 Å². The van der Waals surface area contributed by atoms with Gasteiger partial charge < -0.3 is 20.1 Å². The molecule has 0 aliphatic carbocycles. The van der Waals surface area contributed by atoms with Crippen LogP contribution in [0, 0.1) is 0 Å². The quantitative estimate of drug-likeness (QED) is 0.791. The minimum atomic E-state index is -3.06. The maximum absolute atomic E-state index is 12.3. The molecule has 1 atom stereocenters. The number of hydrogen-bond acceptors (Lipinski definition) is 8. The molecular weight excluding hydrogens is 372 g/mol. The second-order valence-electron chi connectivity index (χ2n) is 6.35. The minimum absolute atomic E-state index is 0.0356. The number of sulfone groups is 1. The first-order valence-corrected chi connectivity index (χ1v) is 10.3. The van der Waals surface area contributed by atoms with Crippen molar-refractivity contribution in [2.24, 2.45) is 0 Å². The Hall–Kier alpha value is -2.88. The summed E-state index contributed by atoms with van der Waals surface area (Å²) in [6.45, 7) is 1.01. The minimum Gasteiger partial charge on any atom is -0.486 e. The van der Waals surface area contributed by atoms with Crippen LogP contribution in [-0.2, 0) is 9.84 Å². The number of ether oxygens (including phenoxy) is 2. The maximum Gasteiger partial charge on any atom is 0.270 e. The van der Waals surface area contributed by atoms with E-state index in [2.05, 4.69) is 20.6 Å². The molecule has 10 heteroatoms. The lowest BCUT2D eigenvalue weighted by Crippen LogP contribution is -2.36. The molecule has 2 N–H and O–H groups in total. The van der Waals surface area contributed by atoms with Gasteiger partial charge >= 0.3 is 0 Å². The van der Waals surface area contributed by atoms with Crippen molar-refractivity contribution in [3.63, 3.8) is 0 Å². The Balaban J connectivity index is 1.45. The molecule has 2 aliphatic rings. The second kappa shape index (κ2) is 7.03. The fraction of sp³-hybridized carbons (Fsp3) is 0.353. The van der Waals surface area contributed by atoms with E-state index in [1.165, 1.54) is 12.4 Å². The third-order valence-electron chi connectivity index (χ3n) is 4.28. The lowest BCUT2D eigenvalue weighted by molar-refractivity contribution is 0.0936. The van der Waals surface area contributed by atoms with Gasteiger partial charge in [0.2, 0.25) is 0 Å². The summed E-state index contributed by atoms with van der Waals surface area (Å²) in [4.78, 5) is 20.4. The van der Waals surface area contributed by atoms with E-state index in [0.717, 1.165) is 5.69 Å². The lowest BCUT2D eigenvalue weighted by Gasteiger charge is -2.19. The zero-order valence-electron chi connectivity index (χ0n) is 14.3. The Morgan fingerprint density at radius 2 is 1.93 bits per heavy atom. The molecule has 0 bridgehead atoms. The van der Waals surface area contributed by atoms with Gasteiger partial charge in [0.05, 0.1) is 11.5 Å². The summed E-state index contributed by atoms with van der Waals surface area (Å²) in [5, 5.41) is 5.80. The molecule has 2 aromatic rings. The number of amides is 1. The molecule has 1 unspecified atom stereocenters. The van der Waals surface area contributed by atoms with E-state index in [-0.39, 0.29) is 23.2 Å². The van der Waals surface area contributed by atoms with Crippen LogP contribution in [0.25, 0.3) is 0 Å². The Morgan fingerprint density at radius 3 is 2.70 bits per heavy atom. The number of rotatable bonds is 4. The fourth-order valence-corrected chi connectivity index (χ4v) is 4.66. The molecule has 1 saturated heterocycles. The van der Waals surface area contributed by atoms with Crippen molar-refractivity contribution in [1.29, 1.82) is 0 Å². The van der Waals surface area contributed by atoms with E-state index in [9.17, 15) is 13.2 Å². The molecule has 0 radical (unpaired) electrons. The third-order valence-corrected chi connectivity index (χ3v) is 6.05. The Bertz CT molecular complexity index is 979. The predicted molar refractivity (Wildman–Crippen MR) is 97.3 cm³/mol. The Labute approximate surface area is 156 Å². The molecule has 3 heterocycles. The van der Waals surface area contributed by atoms with Crippen molar-refractivity contribution in [1.82, 2.24) is 15.3 Å². The van der Waals surface area contributed by atoms with E-state index in [4.69, 9.17) is 9.47 Å². The first-order chi connectivity index (χ1) is 13.0. The molecule has 27 heavy (non-hydrogen) atoms. The maximum atomic E-state index is 12.3. The van der Waals surface area contributed by atoms with Crippen molar-refractivity contribution in [3.05, 3.63) is 36.3 Å². The van der Waals surface area contributed by atoms with Crippen molar-refractivity contribution >= 4 is 27.2 Å². The third kappa shape index (κ3) is 4.11. The SMILES string of the molecule is O=C(NC1CCS(=O)(=O)C1)c1cc(Nc2ccc3c(c2)OCCO3)ncn1. The summed E-state index contributed by atoms with van der Waals surface area (Å²) in [7, 11) is -3.06. The average molecular weight is 390 g/mol. The summed E-state index contributed by atoms with van der Waals surface area (Å²) in [5.41, 5.74) is 0.889. The van der Waals surface area contributed by atoms with Crippen LogP contribution >= 0.6 is 0 Å². The average Bonchev–Trinajstić information content (AvgIpc) is 3.00. The normalized spacial score (nSPS) is 20.1. The van der Waals surface area contributed by atoms with Crippen LogP contribution in [0.2, 0.25) is 0 Å². The molecule has 0 saturated carbocycles. The number of nitrogens with zero attached hydrogens (tertiary/aromatic N) is 2. The zero-order chi connectivity index (χ0) is 18.9. The van der Waals surface area contributed by atoms with Crippen LogP contribution in [0.5, 0.6) is 11.5 Å². The summed E-state index contributed by atoms with van der Waals surface area (Å²) in [5.74, 6) is 1.39. The number of benzene rings is 1. The number of anilines is 2. The van der Waals surface area contributed by atoms with Crippen molar-refractivity contribution < 1.29 is 22.7 Å². The number of hydrogen-bond donors (Lipinski definition) is 2. The molecule has 142 valence electrons. The molecule has 9 nitrogen and oxygen atoms in total. The molecule has 2 aliphatic heterocycles. The van der Waals surface area contributed by atoms with Crippen molar-refractivity contribution in [3.8, 4) is 11.5 Å². The highest BCUT2D eigenvalue weighted by Crippen LogP contribution is 2.33. The highest BCUT2D eigenvalue weighted by atomic mass is 32.2. The number of fused-ring (bicyclic) bond motifs is 1.